The van der Waals surface area contributed by atoms with Crippen LogP contribution < -0.4 is 16.0 Å². The maximum absolute atomic E-state index is 11.7. The van der Waals surface area contributed by atoms with Crippen LogP contribution in [0.3, 0.4) is 0 Å². The highest BCUT2D eigenvalue weighted by Gasteiger charge is 2.18. The largest absolute Gasteiger partial charge is 0.378 e. The Labute approximate surface area is 138 Å². The van der Waals surface area contributed by atoms with Gasteiger partial charge in [0.1, 0.15) is 0 Å². The van der Waals surface area contributed by atoms with Gasteiger partial charge in [0.2, 0.25) is 11.8 Å². The lowest BCUT2D eigenvalue weighted by atomic mass is 10.0. The minimum Gasteiger partial charge on any atom is -0.378 e. The van der Waals surface area contributed by atoms with Crippen molar-refractivity contribution in [3.63, 3.8) is 0 Å². The van der Waals surface area contributed by atoms with Gasteiger partial charge in [-0.15, -0.1) is 12.4 Å². The van der Waals surface area contributed by atoms with Gasteiger partial charge >= 0.3 is 0 Å². The van der Waals surface area contributed by atoms with Crippen LogP contribution in [-0.2, 0) is 14.3 Å². The molecule has 1 saturated heterocycles. The van der Waals surface area contributed by atoms with Crippen LogP contribution in [0.25, 0.3) is 0 Å². The van der Waals surface area contributed by atoms with Crippen LogP contribution in [0, 0.1) is 5.92 Å². The topological polar surface area (TPSA) is 79.5 Å². The molecule has 1 saturated carbocycles. The highest BCUT2D eigenvalue weighted by Crippen LogP contribution is 2.27. The van der Waals surface area contributed by atoms with E-state index >= 15 is 0 Å². The quantitative estimate of drug-likeness (QED) is 0.596. The number of amides is 2. The molecule has 0 spiro atoms. The summed E-state index contributed by atoms with van der Waals surface area (Å²) < 4.78 is 5.30. The molecule has 0 aromatic carbocycles. The van der Waals surface area contributed by atoms with Crippen molar-refractivity contribution in [1.29, 1.82) is 0 Å². The Hall–Kier alpha value is -0.850. The zero-order valence-electron chi connectivity index (χ0n) is 13.1. The SMILES string of the molecule is Cl.O=C(CC1CCCC1)NCCNC(=O)CC1COCCN1. The number of ether oxygens (including phenoxy) is 1. The minimum absolute atomic E-state index is 0. The Bertz CT molecular complexity index is 343. The molecule has 1 heterocycles. The third kappa shape index (κ3) is 7.42. The molecule has 1 unspecified atom stereocenters. The summed E-state index contributed by atoms with van der Waals surface area (Å²) in [6.07, 6.45) is 5.94. The predicted molar refractivity (Wildman–Crippen MR) is 87.1 cm³/mol. The van der Waals surface area contributed by atoms with Gasteiger partial charge in [0.05, 0.1) is 13.2 Å². The van der Waals surface area contributed by atoms with Crippen molar-refractivity contribution >= 4 is 24.2 Å². The Morgan fingerprint density at radius 2 is 1.68 bits per heavy atom. The zero-order valence-corrected chi connectivity index (χ0v) is 13.9. The van der Waals surface area contributed by atoms with E-state index in [0.29, 0.717) is 45.1 Å². The van der Waals surface area contributed by atoms with Crippen molar-refractivity contribution in [3.05, 3.63) is 0 Å². The van der Waals surface area contributed by atoms with Crippen molar-refractivity contribution in [3.8, 4) is 0 Å². The van der Waals surface area contributed by atoms with Crippen molar-refractivity contribution in [2.24, 2.45) is 5.92 Å². The number of hydrogen-bond donors (Lipinski definition) is 3. The summed E-state index contributed by atoms with van der Waals surface area (Å²) in [5.74, 6) is 0.679. The van der Waals surface area contributed by atoms with Crippen molar-refractivity contribution in [1.82, 2.24) is 16.0 Å². The van der Waals surface area contributed by atoms with Gasteiger partial charge in [0.15, 0.2) is 0 Å². The average molecular weight is 334 g/mol. The van der Waals surface area contributed by atoms with E-state index in [2.05, 4.69) is 16.0 Å². The summed E-state index contributed by atoms with van der Waals surface area (Å²) in [6, 6.07) is 0.107. The molecule has 7 heteroatoms. The van der Waals surface area contributed by atoms with E-state index in [0.717, 1.165) is 6.54 Å². The maximum Gasteiger partial charge on any atom is 0.221 e. The fourth-order valence-electron chi connectivity index (χ4n) is 3.00. The molecule has 1 aliphatic heterocycles. The van der Waals surface area contributed by atoms with Gasteiger partial charge in [-0.25, -0.2) is 0 Å². The van der Waals surface area contributed by atoms with Crippen LogP contribution in [-0.4, -0.2) is 50.7 Å². The van der Waals surface area contributed by atoms with Crippen molar-refractivity contribution in [2.45, 2.75) is 44.6 Å². The lowest BCUT2D eigenvalue weighted by molar-refractivity contribution is -0.124. The van der Waals surface area contributed by atoms with E-state index in [9.17, 15) is 9.59 Å². The van der Waals surface area contributed by atoms with Gasteiger partial charge < -0.3 is 20.7 Å². The molecule has 2 rings (SSSR count). The predicted octanol–water partition coefficient (Wildman–Crippen LogP) is 0.599. The molecule has 22 heavy (non-hydrogen) atoms. The Kier molecular flexibility index (Phi) is 9.43. The molecule has 1 aliphatic carbocycles. The molecule has 1 atom stereocenters. The minimum atomic E-state index is 0. The molecular formula is C15H28ClN3O3. The summed E-state index contributed by atoms with van der Waals surface area (Å²) in [5.41, 5.74) is 0. The lowest BCUT2D eigenvalue weighted by Crippen LogP contribution is -2.45. The molecule has 0 aromatic heterocycles. The van der Waals surface area contributed by atoms with Crippen molar-refractivity contribution in [2.75, 3.05) is 32.8 Å². The van der Waals surface area contributed by atoms with Gasteiger partial charge in [-0.05, 0) is 18.8 Å². The molecule has 0 aromatic rings. The number of rotatable bonds is 7. The van der Waals surface area contributed by atoms with E-state index in [-0.39, 0.29) is 30.3 Å². The summed E-state index contributed by atoms with van der Waals surface area (Å²) in [6.45, 7) is 3.10. The van der Waals surface area contributed by atoms with Crippen LogP contribution in [0.15, 0.2) is 0 Å². The maximum atomic E-state index is 11.7. The molecular weight excluding hydrogens is 306 g/mol. The average Bonchev–Trinajstić information content (AvgIpc) is 2.97. The molecule has 6 nitrogen and oxygen atoms in total. The Balaban J connectivity index is 0.00000242. The zero-order chi connectivity index (χ0) is 14.9. The van der Waals surface area contributed by atoms with Crippen LogP contribution in [0.5, 0.6) is 0 Å². The number of morpholine rings is 1. The highest BCUT2D eigenvalue weighted by atomic mass is 35.5. The fourth-order valence-corrected chi connectivity index (χ4v) is 3.00. The number of hydrogen-bond acceptors (Lipinski definition) is 4. The summed E-state index contributed by atoms with van der Waals surface area (Å²) >= 11 is 0. The van der Waals surface area contributed by atoms with E-state index in [4.69, 9.17) is 4.74 Å². The standard InChI is InChI=1S/C15H27N3O3.ClH/c19-14(9-12-3-1-2-4-12)17-5-6-18-15(20)10-13-11-21-8-7-16-13;/h12-13,16H,1-11H2,(H,17,19)(H,18,20);1H. The van der Waals surface area contributed by atoms with E-state index in [1.54, 1.807) is 0 Å². The third-order valence-corrected chi connectivity index (χ3v) is 4.15. The fraction of sp³-hybridized carbons (Fsp3) is 0.867. The summed E-state index contributed by atoms with van der Waals surface area (Å²) in [4.78, 5) is 23.4. The molecule has 0 radical (unpaired) electrons. The summed E-state index contributed by atoms with van der Waals surface area (Å²) in [5, 5.41) is 8.95. The first kappa shape index (κ1) is 19.2. The molecule has 2 fully saturated rings. The third-order valence-electron chi connectivity index (χ3n) is 4.15. The summed E-state index contributed by atoms with van der Waals surface area (Å²) in [7, 11) is 0. The van der Waals surface area contributed by atoms with Gasteiger partial charge in [0, 0.05) is 38.5 Å². The van der Waals surface area contributed by atoms with E-state index in [1.807, 2.05) is 0 Å². The van der Waals surface area contributed by atoms with Crippen LogP contribution in [0.4, 0.5) is 0 Å². The first-order valence-electron chi connectivity index (χ1n) is 8.08. The molecule has 3 N–H and O–H groups in total. The smallest absolute Gasteiger partial charge is 0.221 e. The van der Waals surface area contributed by atoms with Crippen LogP contribution >= 0.6 is 12.4 Å². The lowest BCUT2D eigenvalue weighted by Gasteiger charge is -2.23. The van der Waals surface area contributed by atoms with Crippen LogP contribution in [0.1, 0.15) is 38.5 Å². The number of nitrogens with one attached hydrogen (secondary N) is 3. The number of halogens is 1. The second-order valence-electron chi connectivity index (χ2n) is 5.98. The first-order chi connectivity index (χ1) is 10.2. The molecule has 2 aliphatic rings. The van der Waals surface area contributed by atoms with Gasteiger partial charge in [-0.3, -0.25) is 9.59 Å². The Morgan fingerprint density at radius 1 is 1.05 bits per heavy atom. The Morgan fingerprint density at radius 3 is 2.27 bits per heavy atom. The normalized spacial score (nSPS) is 21.9. The highest BCUT2D eigenvalue weighted by molar-refractivity contribution is 5.85. The van der Waals surface area contributed by atoms with Crippen LogP contribution in [0.2, 0.25) is 0 Å². The second kappa shape index (κ2) is 10.8. The first-order valence-corrected chi connectivity index (χ1v) is 8.08. The second-order valence-corrected chi connectivity index (χ2v) is 5.98. The van der Waals surface area contributed by atoms with Crippen molar-refractivity contribution < 1.29 is 14.3 Å². The molecule has 128 valence electrons. The van der Waals surface area contributed by atoms with E-state index < -0.39 is 0 Å². The number of carbonyl (C=O) groups is 2. The molecule has 2 amide bonds. The van der Waals surface area contributed by atoms with Gasteiger partial charge in [-0.2, -0.15) is 0 Å². The van der Waals surface area contributed by atoms with Gasteiger partial charge in [0.25, 0.3) is 0 Å². The monoisotopic (exact) mass is 333 g/mol. The van der Waals surface area contributed by atoms with Gasteiger partial charge in [-0.1, -0.05) is 12.8 Å². The van der Waals surface area contributed by atoms with E-state index in [1.165, 1.54) is 25.7 Å². The molecule has 0 bridgehead atoms. The number of carbonyl (C=O) groups excluding carboxylic acids is 2.